The number of aryl methyl sites for hydroxylation is 2. The van der Waals surface area contributed by atoms with Crippen LogP contribution in [0.3, 0.4) is 0 Å². The fourth-order valence-corrected chi connectivity index (χ4v) is 3.12. The maximum atomic E-state index is 5.55. The molecule has 0 aliphatic carbocycles. The van der Waals surface area contributed by atoms with Crippen molar-refractivity contribution in [2.24, 2.45) is 0 Å². The molecule has 0 radical (unpaired) electrons. The van der Waals surface area contributed by atoms with Gasteiger partial charge in [-0.1, -0.05) is 25.2 Å². The third-order valence-electron chi connectivity index (χ3n) is 3.06. The Labute approximate surface area is 118 Å². The molecule has 1 atom stereocenters. The van der Waals surface area contributed by atoms with Gasteiger partial charge in [0.15, 0.2) is 5.01 Å². The van der Waals surface area contributed by atoms with E-state index in [1.54, 1.807) is 11.3 Å². The van der Waals surface area contributed by atoms with Gasteiger partial charge in [0, 0.05) is 0 Å². The van der Waals surface area contributed by atoms with Gasteiger partial charge in [-0.15, -0.1) is 10.2 Å². The van der Waals surface area contributed by atoms with E-state index in [9.17, 15) is 0 Å². The van der Waals surface area contributed by atoms with E-state index in [1.807, 2.05) is 19.9 Å². The second-order valence-electron chi connectivity index (χ2n) is 4.69. The average Bonchev–Trinajstić information content (AvgIpc) is 2.97. The molecule has 104 valence electrons. The maximum Gasteiger partial charge on any atom is 0.151 e. The molecular formula is C14H21N3OS. The Kier molecular flexibility index (Phi) is 4.71. The fourth-order valence-electron chi connectivity index (χ4n) is 2.05. The highest BCUT2D eigenvalue weighted by molar-refractivity contribution is 7.14. The number of hydrogen-bond acceptors (Lipinski definition) is 5. The van der Waals surface area contributed by atoms with Crippen molar-refractivity contribution in [3.8, 4) is 10.6 Å². The molecule has 0 aromatic carbocycles. The smallest absolute Gasteiger partial charge is 0.151 e. The average molecular weight is 279 g/mol. The Morgan fingerprint density at radius 3 is 2.68 bits per heavy atom. The molecule has 0 spiro atoms. The minimum atomic E-state index is 0.305. The molecule has 1 unspecified atom stereocenters. The molecule has 0 bridgehead atoms. The van der Waals surface area contributed by atoms with E-state index in [0.717, 1.165) is 46.5 Å². The third kappa shape index (κ3) is 3.22. The zero-order valence-corrected chi connectivity index (χ0v) is 12.8. The van der Waals surface area contributed by atoms with E-state index >= 15 is 0 Å². The summed E-state index contributed by atoms with van der Waals surface area (Å²) in [6.45, 7) is 9.27. The Balaban J connectivity index is 2.20. The van der Waals surface area contributed by atoms with Crippen LogP contribution >= 0.6 is 11.3 Å². The van der Waals surface area contributed by atoms with Gasteiger partial charge < -0.3 is 9.73 Å². The molecule has 2 rings (SSSR count). The van der Waals surface area contributed by atoms with Crippen LogP contribution in [-0.4, -0.2) is 16.7 Å². The molecule has 5 heteroatoms. The van der Waals surface area contributed by atoms with Crippen LogP contribution in [0.15, 0.2) is 10.5 Å². The SMILES string of the molecule is CCCNC(CC)c1nnc(-c2cc(C)oc2C)s1. The molecule has 2 heterocycles. The van der Waals surface area contributed by atoms with Gasteiger partial charge in [-0.2, -0.15) is 0 Å². The third-order valence-corrected chi connectivity index (χ3v) is 4.13. The zero-order valence-electron chi connectivity index (χ0n) is 12.0. The molecule has 0 saturated carbocycles. The zero-order chi connectivity index (χ0) is 13.8. The van der Waals surface area contributed by atoms with Gasteiger partial charge in [0.05, 0.1) is 11.6 Å². The summed E-state index contributed by atoms with van der Waals surface area (Å²) in [5.74, 6) is 1.83. The lowest BCUT2D eigenvalue weighted by atomic mass is 10.2. The first kappa shape index (κ1) is 14.2. The van der Waals surface area contributed by atoms with E-state index < -0.39 is 0 Å². The number of nitrogens with zero attached hydrogens (tertiary/aromatic N) is 2. The quantitative estimate of drug-likeness (QED) is 0.872. The largest absolute Gasteiger partial charge is 0.466 e. The van der Waals surface area contributed by atoms with Gasteiger partial charge in [-0.3, -0.25) is 0 Å². The molecular weight excluding hydrogens is 258 g/mol. The molecule has 2 aromatic heterocycles. The van der Waals surface area contributed by atoms with Gasteiger partial charge in [0.25, 0.3) is 0 Å². The molecule has 0 fully saturated rings. The molecule has 0 amide bonds. The summed E-state index contributed by atoms with van der Waals surface area (Å²) in [7, 11) is 0. The van der Waals surface area contributed by atoms with Crippen LogP contribution in [0.4, 0.5) is 0 Å². The molecule has 0 saturated heterocycles. The van der Waals surface area contributed by atoms with E-state index in [1.165, 1.54) is 0 Å². The Morgan fingerprint density at radius 1 is 1.32 bits per heavy atom. The Hall–Kier alpha value is -1.20. The number of aromatic nitrogens is 2. The van der Waals surface area contributed by atoms with Crippen molar-refractivity contribution < 1.29 is 4.42 Å². The van der Waals surface area contributed by atoms with Gasteiger partial charge in [-0.25, -0.2) is 0 Å². The van der Waals surface area contributed by atoms with Gasteiger partial charge in [0.1, 0.15) is 16.5 Å². The Bertz CT molecular complexity index is 533. The lowest BCUT2D eigenvalue weighted by Gasteiger charge is -2.12. The van der Waals surface area contributed by atoms with Crippen LogP contribution in [0, 0.1) is 13.8 Å². The van der Waals surface area contributed by atoms with Crippen LogP contribution in [0.5, 0.6) is 0 Å². The first-order valence-corrected chi connectivity index (χ1v) is 7.61. The highest BCUT2D eigenvalue weighted by Gasteiger charge is 2.17. The monoisotopic (exact) mass is 279 g/mol. The number of furan rings is 1. The number of hydrogen-bond donors (Lipinski definition) is 1. The normalized spacial score (nSPS) is 12.8. The van der Waals surface area contributed by atoms with Crippen LogP contribution in [0.2, 0.25) is 0 Å². The van der Waals surface area contributed by atoms with Crippen molar-refractivity contribution >= 4 is 11.3 Å². The number of nitrogens with one attached hydrogen (secondary N) is 1. The standard InChI is InChI=1S/C14H21N3OS/c1-5-7-15-12(6-2)14-17-16-13(19-14)11-8-9(3)18-10(11)4/h8,12,15H,5-7H2,1-4H3. The highest BCUT2D eigenvalue weighted by Crippen LogP contribution is 2.31. The van der Waals surface area contributed by atoms with Gasteiger partial charge in [0.2, 0.25) is 0 Å². The van der Waals surface area contributed by atoms with E-state index in [0.29, 0.717) is 6.04 Å². The molecule has 1 N–H and O–H groups in total. The first-order chi connectivity index (χ1) is 9.15. The molecule has 19 heavy (non-hydrogen) atoms. The predicted molar refractivity (Wildman–Crippen MR) is 78.4 cm³/mol. The lowest BCUT2D eigenvalue weighted by molar-refractivity contribution is 0.505. The molecule has 0 aliphatic rings. The summed E-state index contributed by atoms with van der Waals surface area (Å²) < 4.78 is 5.55. The summed E-state index contributed by atoms with van der Waals surface area (Å²) in [5.41, 5.74) is 1.06. The lowest BCUT2D eigenvalue weighted by Crippen LogP contribution is -2.21. The summed E-state index contributed by atoms with van der Waals surface area (Å²) in [6.07, 6.45) is 2.15. The highest BCUT2D eigenvalue weighted by atomic mass is 32.1. The van der Waals surface area contributed by atoms with Crippen molar-refractivity contribution in [2.45, 2.75) is 46.6 Å². The molecule has 0 aliphatic heterocycles. The van der Waals surface area contributed by atoms with Crippen LogP contribution in [0.1, 0.15) is 49.3 Å². The van der Waals surface area contributed by atoms with Crippen molar-refractivity contribution in [1.82, 2.24) is 15.5 Å². The maximum absolute atomic E-state index is 5.55. The fraction of sp³-hybridized carbons (Fsp3) is 0.571. The second kappa shape index (κ2) is 6.30. The van der Waals surface area contributed by atoms with Crippen molar-refractivity contribution in [2.75, 3.05) is 6.54 Å². The predicted octanol–water partition coefficient (Wildman–Crippen LogP) is 3.87. The van der Waals surface area contributed by atoms with Crippen LogP contribution in [-0.2, 0) is 0 Å². The van der Waals surface area contributed by atoms with Crippen LogP contribution in [0.25, 0.3) is 10.6 Å². The summed E-state index contributed by atoms with van der Waals surface area (Å²) in [5, 5.41) is 14.1. The van der Waals surface area contributed by atoms with E-state index in [4.69, 9.17) is 4.42 Å². The van der Waals surface area contributed by atoms with Crippen molar-refractivity contribution in [1.29, 1.82) is 0 Å². The Morgan fingerprint density at radius 2 is 2.11 bits per heavy atom. The summed E-state index contributed by atoms with van der Waals surface area (Å²) in [4.78, 5) is 0. The van der Waals surface area contributed by atoms with Gasteiger partial charge >= 0.3 is 0 Å². The van der Waals surface area contributed by atoms with Crippen molar-refractivity contribution in [3.05, 3.63) is 22.6 Å². The second-order valence-corrected chi connectivity index (χ2v) is 5.70. The first-order valence-electron chi connectivity index (χ1n) is 6.79. The number of rotatable bonds is 6. The van der Waals surface area contributed by atoms with Gasteiger partial charge in [-0.05, 0) is 39.3 Å². The topological polar surface area (TPSA) is 51.0 Å². The van der Waals surface area contributed by atoms with Crippen LogP contribution < -0.4 is 5.32 Å². The minimum Gasteiger partial charge on any atom is -0.466 e. The summed E-state index contributed by atoms with van der Waals surface area (Å²) in [6, 6.07) is 2.33. The molecule has 2 aromatic rings. The van der Waals surface area contributed by atoms with E-state index in [-0.39, 0.29) is 0 Å². The van der Waals surface area contributed by atoms with E-state index in [2.05, 4.69) is 29.4 Å². The molecule has 4 nitrogen and oxygen atoms in total. The summed E-state index contributed by atoms with van der Waals surface area (Å²) >= 11 is 1.65. The van der Waals surface area contributed by atoms with Crippen molar-refractivity contribution in [3.63, 3.8) is 0 Å². The minimum absolute atomic E-state index is 0.305.